The predicted molar refractivity (Wildman–Crippen MR) is 156 cm³/mol. The Kier molecular flexibility index (Phi) is 10.6. The molecule has 0 saturated carbocycles. The van der Waals surface area contributed by atoms with Crippen LogP contribution in [0.2, 0.25) is 0 Å². The van der Waals surface area contributed by atoms with Crippen molar-refractivity contribution in [3.05, 3.63) is 58.9 Å². The second-order valence-electron chi connectivity index (χ2n) is 12.4. The fourth-order valence-electron chi connectivity index (χ4n) is 4.62. The van der Waals surface area contributed by atoms with E-state index in [1.165, 1.54) is 22.1 Å². The largest absolute Gasteiger partial charge is 0.711 e. The molecule has 1 aliphatic rings. The van der Waals surface area contributed by atoms with Gasteiger partial charge in [-0.25, -0.2) is 4.73 Å². The average Bonchev–Trinajstić information content (AvgIpc) is 2.98. The minimum Gasteiger partial charge on any atom is -0.711 e. The van der Waals surface area contributed by atoms with Gasteiger partial charge in [0.15, 0.2) is 0 Å². The molecule has 0 bridgehead atoms. The van der Waals surface area contributed by atoms with Crippen molar-refractivity contribution in [1.29, 1.82) is 0 Å². The summed E-state index contributed by atoms with van der Waals surface area (Å²) < 4.78 is 17.4. The van der Waals surface area contributed by atoms with E-state index in [9.17, 15) is 29.5 Å². The van der Waals surface area contributed by atoms with Crippen molar-refractivity contribution in [3.63, 3.8) is 0 Å². The van der Waals surface area contributed by atoms with Crippen LogP contribution in [0.4, 0.5) is 10.6 Å². The van der Waals surface area contributed by atoms with E-state index in [0.29, 0.717) is 16.9 Å². The molecule has 1 atom stereocenters. The molecule has 12 nitrogen and oxygen atoms in total. The minimum atomic E-state index is -1.10. The van der Waals surface area contributed by atoms with Crippen LogP contribution in [0.5, 0.6) is 5.75 Å². The Bertz CT molecular complexity index is 1330. The molecule has 0 fully saturated rings. The second-order valence-corrected chi connectivity index (χ2v) is 12.4. The third-order valence-electron chi connectivity index (χ3n) is 6.32. The van der Waals surface area contributed by atoms with E-state index < -0.39 is 41.1 Å². The lowest BCUT2D eigenvalue weighted by Crippen LogP contribution is -2.44. The Hall–Kier alpha value is -4.35. The van der Waals surface area contributed by atoms with Gasteiger partial charge < -0.3 is 29.4 Å². The van der Waals surface area contributed by atoms with Gasteiger partial charge in [-0.1, -0.05) is 12.1 Å². The summed E-state index contributed by atoms with van der Waals surface area (Å²) in [6.07, 6.45) is 0.869. The van der Waals surface area contributed by atoms with Gasteiger partial charge >= 0.3 is 18.0 Å². The highest BCUT2D eigenvalue weighted by Crippen LogP contribution is 2.28. The maximum absolute atomic E-state index is 13.3. The minimum absolute atomic E-state index is 0.0880. The molecule has 0 spiro atoms. The number of anilines is 1. The summed E-state index contributed by atoms with van der Waals surface area (Å²) in [6.45, 7) is 10.5. The summed E-state index contributed by atoms with van der Waals surface area (Å²) in [6, 6.07) is 10.1. The van der Waals surface area contributed by atoms with Crippen molar-refractivity contribution in [3.8, 4) is 5.75 Å². The van der Waals surface area contributed by atoms with Gasteiger partial charge in [-0.05, 0) is 77.3 Å². The second kappa shape index (κ2) is 13.7. The maximum atomic E-state index is 13.3. The molecule has 1 aromatic carbocycles. The highest BCUT2D eigenvalue weighted by atomic mass is 16.6. The average molecular weight is 600 g/mol. The predicted octanol–water partition coefficient (Wildman–Crippen LogP) is 3.85. The molecule has 0 saturated heterocycles. The van der Waals surface area contributed by atoms with Crippen LogP contribution >= 0.6 is 0 Å². The summed E-state index contributed by atoms with van der Waals surface area (Å²) in [4.78, 5) is 52.8. The molecular weight excluding hydrogens is 558 g/mol. The van der Waals surface area contributed by atoms with E-state index in [1.807, 2.05) is 0 Å². The highest BCUT2D eigenvalue weighted by molar-refractivity contribution is 5.87. The van der Waals surface area contributed by atoms with Crippen LogP contribution < -0.4 is 14.4 Å². The number of carboxylic acids is 1. The quantitative estimate of drug-likeness (QED) is 0.186. The van der Waals surface area contributed by atoms with Gasteiger partial charge in [0, 0.05) is 19.0 Å². The standard InChI is InChI=1S/C31H41N3O9/c1-30(2,3)42-27(37)20-32-19-23-17-24(12-11-21(23)16-22(28(32)38)18-26(35)36)41-15-9-13-33(29(39)43-31(4,5)6)25-10-7-8-14-34(25)40/h7-8,10-12,14,17,22H,9,13,15-16,18-20H2,1-6H3,(H,35,36). The summed E-state index contributed by atoms with van der Waals surface area (Å²) in [5, 5.41) is 21.8. The number of aromatic nitrogens is 1. The number of fused-ring (bicyclic) bond motifs is 1. The molecule has 1 unspecified atom stereocenters. The number of esters is 1. The molecule has 43 heavy (non-hydrogen) atoms. The van der Waals surface area contributed by atoms with Crippen LogP contribution in [0.1, 0.15) is 65.5 Å². The fourth-order valence-corrected chi connectivity index (χ4v) is 4.62. The molecule has 0 aliphatic carbocycles. The molecule has 3 rings (SSSR count). The molecule has 1 aliphatic heterocycles. The zero-order valence-corrected chi connectivity index (χ0v) is 25.6. The summed E-state index contributed by atoms with van der Waals surface area (Å²) in [5.41, 5.74) is 0.0326. The van der Waals surface area contributed by atoms with Crippen LogP contribution in [-0.4, -0.2) is 64.8 Å². The number of carboxylic acid groups (broad SMARTS) is 1. The van der Waals surface area contributed by atoms with Crippen LogP contribution in [0, 0.1) is 11.1 Å². The van der Waals surface area contributed by atoms with Crippen molar-refractivity contribution in [2.24, 2.45) is 5.92 Å². The van der Waals surface area contributed by atoms with Crippen LogP contribution in [-0.2, 0) is 36.8 Å². The van der Waals surface area contributed by atoms with Gasteiger partial charge in [-0.15, -0.1) is 0 Å². The van der Waals surface area contributed by atoms with Gasteiger partial charge in [0.2, 0.25) is 5.91 Å². The molecular formula is C31H41N3O9. The zero-order chi connectivity index (χ0) is 31.9. The molecule has 1 aromatic heterocycles. The Morgan fingerprint density at radius 1 is 1.05 bits per heavy atom. The number of amides is 2. The number of ether oxygens (including phenoxy) is 3. The van der Waals surface area contributed by atoms with Crippen molar-refractivity contribution in [2.75, 3.05) is 24.6 Å². The number of aliphatic carboxylic acids is 1. The zero-order valence-electron chi connectivity index (χ0n) is 25.6. The molecule has 2 amide bonds. The van der Waals surface area contributed by atoms with E-state index in [4.69, 9.17) is 14.2 Å². The first kappa shape index (κ1) is 33.2. The van der Waals surface area contributed by atoms with Crippen LogP contribution in [0.25, 0.3) is 0 Å². The van der Waals surface area contributed by atoms with E-state index in [2.05, 4.69) is 0 Å². The first-order chi connectivity index (χ1) is 20.0. The monoisotopic (exact) mass is 599 g/mol. The van der Waals surface area contributed by atoms with Gasteiger partial charge in [-0.2, -0.15) is 9.69 Å². The molecule has 0 radical (unpaired) electrons. The SMILES string of the molecule is CC(C)(C)OC(=O)CN1Cc2cc(OCCCN(C(=O)OC(C)(C)C)c3cccc[n+]3[O-])ccc2CC(CC(=O)O)C1=O. The maximum Gasteiger partial charge on any atom is 0.507 e. The fraction of sp³-hybridized carbons (Fsp3) is 0.516. The first-order valence-corrected chi connectivity index (χ1v) is 14.2. The number of pyridine rings is 1. The molecule has 234 valence electrons. The molecule has 12 heteroatoms. The topological polar surface area (TPSA) is 150 Å². The van der Waals surface area contributed by atoms with E-state index in [0.717, 1.165) is 11.1 Å². The third kappa shape index (κ3) is 10.2. The summed E-state index contributed by atoms with van der Waals surface area (Å²) in [5.74, 6) is -2.30. The Labute approximate surface area is 251 Å². The summed E-state index contributed by atoms with van der Waals surface area (Å²) in [7, 11) is 0. The van der Waals surface area contributed by atoms with Crippen LogP contribution in [0.3, 0.4) is 0 Å². The lowest BCUT2D eigenvalue weighted by atomic mass is 9.94. The van der Waals surface area contributed by atoms with Gasteiger partial charge in [0.05, 0.1) is 25.1 Å². The first-order valence-electron chi connectivity index (χ1n) is 14.2. The van der Waals surface area contributed by atoms with Crippen LogP contribution in [0.15, 0.2) is 42.6 Å². The van der Waals surface area contributed by atoms with E-state index in [-0.39, 0.29) is 44.9 Å². The molecule has 1 N–H and O–H groups in total. The Balaban J connectivity index is 1.73. The van der Waals surface area contributed by atoms with E-state index in [1.54, 1.807) is 71.9 Å². The highest BCUT2D eigenvalue weighted by Gasteiger charge is 2.34. The number of rotatable bonds is 10. The van der Waals surface area contributed by atoms with Crippen molar-refractivity contribution < 1.29 is 43.2 Å². The normalized spacial score (nSPS) is 15.3. The Morgan fingerprint density at radius 3 is 2.37 bits per heavy atom. The third-order valence-corrected chi connectivity index (χ3v) is 6.32. The van der Waals surface area contributed by atoms with Crippen molar-refractivity contribution >= 4 is 29.8 Å². The lowest BCUT2D eigenvalue weighted by Gasteiger charge is -2.26. The number of hydrogen-bond donors (Lipinski definition) is 1. The smallest absolute Gasteiger partial charge is 0.507 e. The number of carbonyl (C=O) groups excluding carboxylic acids is 3. The summed E-state index contributed by atoms with van der Waals surface area (Å²) >= 11 is 0. The van der Waals surface area contributed by atoms with Gasteiger partial charge in [0.25, 0.3) is 5.82 Å². The van der Waals surface area contributed by atoms with Crippen molar-refractivity contribution in [2.45, 2.75) is 78.6 Å². The van der Waals surface area contributed by atoms with Crippen molar-refractivity contribution in [1.82, 2.24) is 4.90 Å². The number of hydrogen-bond acceptors (Lipinski definition) is 8. The molecule has 2 aromatic rings. The van der Waals surface area contributed by atoms with Gasteiger partial charge in [-0.3, -0.25) is 14.4 Å². The number of benzene rings is 1. The van der Waals surface area contributed by atoms with Gasteiger partial charge in [0.1, 0.15) is 30.0 Å². The number of nitrogens with zero attached hydrogens (tertiary/aromatic N) is 3. The lowest BCUT2D eigenvalue weighted by molar-refractivity contribution is -0.591. The number of carbonyl (C=O) groups is 4. The Morgan fingerprint density at radius 2 is 1.74 bits per heavy atom. The molecule has 2 heterocycles. The van der Waals surface area contributed by atoms with E-state index >= 15 is 0 Å².